The molecule has 1 aromatic heterocycles. The molecular formula is C8H9N3O5S. The average molecular weight is 259 g/mol. The number of aromatic amines is 1. The Hall–Kier alpha value is -1.74. The smallest absolute Gasteiger partial charge is 0.377 e. The van der Waals surface area contributed by atoms with Gasteiger partial charge in [-0.1, -0.05) is 11.8 Å². The van der Waals surface area contributed by atoms with Crippen molar-refractivity contribution < 1.29 is 24.9 Å². The maximum Gasteiger partial charge on any atom is 0.377 e. The lowest BCUT2D eigenvalue weighted by molar-refractivity contribution is -0.146. The van der Waals surface area contributed by atoms with E-state index in [2.05, 4.69) is 19.9 Å². The second kappa shape index (κ2) is 4.63. The molecule has 0 spiro atoms. The molecule has 0 radical (unpaired) electrons. The minimum atomic E-state index is -1.24. The second-order valence-electron chi connectivity index (χ2n) is 3.23. The Balaban J connectivity index is 1.93. The summed E-state index contributed by atoms with van der Waals surface area (Å²) in [5.74, 6) is -2.44. The first-order valence-electron chi connectivity index (χ1n) is 4.59. The zero-order valence-electron chi connectivity index (χ0n) is 8.40. The lowest BCUT2D eigenvalue weighted by Crippen LogP contribution is -2.30. The number of nitrogens with zero attached hydrogens (tertiary/aromatic N) is 2. The van der Waals surface area contributed by atoms with Crippen LogP contribution in [0.5, 0.6) is 0 Å². The fourth-order valence-corrected chi connectivity index (χ4v) is 1.98. The Bertz CT molecular complexity index is 446. The number of esters is 1. The molecule has 0 unspecified atom stereocenters. The predicted molar refractivity (Wildman–Crippen MR) is 55.3 cm³/mol. The third-order valence-corrected chi connectivity index (χ3v) is 3.05. The van der Waals surface area contributed by atoms with Crippen LogP contribution in [0.2, 0.25) is 0 Å². The highest BCUT2D eigenvalue weighted by Gasteiger charge is 2.39. The standard InChI is InChI=1S/C8H9N3O5S/c12-3(1-17-8-9-2-10-11-8)6-4(13)5(14)7(15)16-6/h2-3,6,12-14H,1H2,(H,9,10,11)/t3-,6+/m0/s1. The van der Waals surface area contributed by atoms with E-state index in [4.69, 9.17) is 5.11 Å². The molecule has 1 aliphatic rings. The molecule has 0 bridgehead atoms. The third kappa shape index (κ3) is 2.34. The quantitative estimate of drug-likeness (QED) is 0.421. The number of cyclic esters (lactones) is 1. The van der Waals surface area contributed by atoms with Crippen molar-refractivity contribution in [3.63, 3.8) is 0 Å². The molecule has 2 heterocycles. The topological polar surface area (TPSA) is 129 Å². The first-order valence-corrected chi connectivity index (χ1v) is 5.57. The van der Waals surface area contributed by atoms with Crippen LogP contribution in [0.15, 0.2) is 23.0 Å². The van der Waals surface area contributed by atoms with Crippen LogP contribution in [0, 0.1) is 0 Å². The largest absolute Gasteiger partial charge is 0.505 e. The molecule has 2 rings (SSSR count). The number of ether oxygens (including phenoxy) is 1. The van der Waals surface area contributed by atoms with Gasteiger partial charge in [-0.2, -0.15) is 5.10 Å². The molecule has 0 saturated carbocycles. The average Bonchev–Trinajstić information content (AvgIpc) is 2.91. The number of rotatable bonds is 4. The van der Waals surface area contributed by atoms with Gasteiger partial charge in [-0.25, -0.2) is 9.78 Å². The van der Waals surface area contributed by atoms with Crippen molar-refractivity contribution in [3.8, 4) is 0 Å². The highest BCUT2D eigenvalue weighted by atomic mass is 32.2. The molecule has 8 nitrogen and oxygen atoms in total. The van der Waals surface area contributed by atoms with Crippen LogP contribution in [-0.2, 0) is 9.53 Å². The number of carbonyl (C=O) groups is 1. The number of hydrogen-bond acceptors (Lipinski definition) is 8. The fraction of sp³-hybridized carbons (Fsp3) is 0.375. The van der Waals surface area contributed by atoms with E-state index in [0.29, 0.717) is 5.16 Å². The van der Waals surface area contributed by atoms with Gasteiger partial charge >= 0.3 is 5.97 Å². The molecule has 0 fully saturated rings. The summed E-state index contributed by atoms with van der Waals surface area (Å²) in [6.45, 7) is 0. The van der Waals surface area contributed by atoms with Gasteiger partial charge in [0, 0.05) is 5.75 Å². The van der Waals surface area contributed by atoms with Crippen molar-refractivity contribution >= 4 is 17.7 Å². The van der Waals surface area contributed by atoms with Crippen LogP contribution in [-0.4, -0.2) is 54.4 Å². The summed E-state index contributed by atoms with van der Waals surface area (Å²) in [5.41, 5.74) is 0. The number of nitrogens with one attached hydrogen (secondary N) is 1. The third-order valence-electron chi connectivity index (χ3n) is 2.07. The van der Waals surface area contributed by atoms with Gasteiger partial charge in [0.25, 0.3) is 0 Å². The summed E-state index contributed by atoms with van der Waals surface area (Å²) in [6.07, 6.45) is -1.08. The van der Waals surface area contributed by atoms with E-state index < -0.39 is 29.7 Å². The van der Waals surface area contributed by atoms with E-state index in [1.165, 1.54) is 6.33 Å². The van der Waals surface area contributed by atoms with E-state index in [1.54, 1.807) is 0 Å². The maximum atomic E-state index is 10.9. The van der Waals surface area contributed by atoms with Crippen LogP contribution in [0.1, 0.15) is 0 Å². The minimum absolute atomic E-state index is 0.116. The highest BCUT2D eigenvalue weighted by molar-refractivity contribution is 7.99. The van der Waals surface area contributed by atoms with E-state index in [0.717, 1.165) is 11.8 Å². The summed E-state index contributed by atoms with van der Waals surface area (Å²) in [5, 5.41) is 34.7. The Morgan fingerprint density at radius 3 is 2.88 bits per heavy atom. The van der Waals surface area contributed by atoms with Crippen molar-refractivity contribution in [1.29, 1.82) is 0 Å². The molecule has 4 N–H and O–H groups in total. The molecule has 0 amide bonds. The van der Waals surface area contributed by atoms with Gasteiger partial charge in [0.05, 0.1) is 0 Å². The zero-order valence-corrected chi connectivity index (χ0v) is 9.22. The molecule has 0 aliphatic carbocycles. The van der Waals surface area contributed by atoms with Crippen molar-refractivity contribution in [3.05, 3.63) is 17.8 Å². The summed E-state index contributed by atoms with van der Waals surface area (Å²) in [7, 11) is 0. The van der Waals surface area contributed by atoms with Gasteiger partial charge in [-0.15, -0.1) is 0 Å². The molecule has 17 heavy (non-hydrogen) atoms. The van der Waals surface area contributed by atoms with Gasteiger partial charge in [0.2, 0.25) is 5.76 Å². The van der Waals surface area contributed by atoms with Gasteiger partial charge in [-0.05, 0) is 0 Å². The first-order chi connectivity index (χ1) is 8.09. The van der Waals surface area contributed by atoms with Crippen molar-refractivity contribution in [1.82, 2.24) is 15.2 Å². The second-order valence-corrected chi connectivity index (χ2v) is 4.24. The molecule has 0 saturated heterocycles. The summed E-state index contributed by atoms with van der Waals surface area (Å²) in [4.78, 5) is 14.7. The highest BCUT2D eigenvalue weighted by Crippen LogP contribution is 2.24. The lowest BCUT2D eigenvalue weighted by Gasteiger charge is -2.15. The van der Waals surface area contributed by atoms with Gasteiger partial charge in [0.1, 0.15) is 12.4 Å². The number of aliphatic hydroxyl groups is 3. The Morgan fingerprint density at radius 2 is 2.35 bits per heavy atom. The van der Waals surface area contributed by atoms with Crippen molar-refractivity contribution in [2.75, 3.05) is 5.75 Å². The number of aliphatic hydroxyl groups excluding tert-OH is 3. The molecule has 1 aromatic rings. The van der Waals surface area contributed by atoms with Crippen molar-refractivity contribution in [2.24, 2.45) is 0 Å². The Labute approximate surface area is 99.3 Å². The zero-order chi connectivity index (χ0) is 12.4. The van der Waals surface area contributed by atoms with E-state index in [1.807, 2.05) is 0 Å². The molecule has 1 aliphatic heterocycles. The maximum absolute atomic E-state index is 10.9. The Morgan fingerprint density at radius 1 is 1.59 bits per heavy atom. The fourth-order valence-electron chi connectivity index (χ4n) is 1.24. The molecule has 92 valence electrons. The summed E-state index contributed by atoms with van der Waals surface area (Å²) < 4.78 is 4.59. The van der Waals surface area contributed by atoms with Gasteiger partial charge < -0.3 is 20.1 Å². The van der Waals surface area contributed by atoms with Crippen LogP contribution < -0.4 is 0 Å². The molecule has 2 atom stereocenters. The van der Waals surface area contributed by atoms with Crippen LogP contribution in [0.25, 0.3) is 0 Å². The normalized spacial score (nSPS) is 21.7. The monoisotopic (exact) mass is 259 g/mol. The predicted octanol–water partition coefficient (Wildman–Crippen LogP) is -0.489. The summed E-state index contributed by atoms with van der Waals surface area (Å²) >= 11 is 1.14. The number of aromatic nitrogens is 3. The van der Waals surface area contributed by atoms with Crippen LogP contribution in [0.3, 0.4) is 0 Å². The number of thioether (sulfide) groups is 1. The van der Waals surface area contributed by atoms with E-state index in [-0.39, 0.29) is 5.75 Å². The van der Waals surface area contributed by atoms with Crippen LogP contribution in [0.4, 0.5) is 0 Å². The first kappa shape index (κ1) is 11.7. The van der Waals surface area contributed by atoms with Gasteiger partial charge in [-0.3, -0.25) is 5.10 Å². The molecule has 9 heteroatoms. The van der Waals surface area contributed by atoms with E-state index >= 15 is 0 Å². The van der Waals surface area contributed by atoms with Gasteiger partial charge in [0.15, 0.2) is 17.0 Å². The molecule has 0 aromatic carbocycles. The number of hydrogen-bond donors (Lipinski definition) is 4. The summed E-state index contributed by atoms with van der Waals surface area (Å²) in [6, 6.07) is 0. The lowest BCUT2D eigenvalue weighted by atomic mass is 10.2. The number of H-pyrrole nitrogens is 1. The number of carbonyl (C=O) groups excluding carboxylic acids is 1. The SMILES string of the molecule is O=C1O[C@H]([C@@H](O)CSc2ncn[nH]2)C(O)=C1O. The molecular weight excluding hydrogens is 250 g/mol. The van der Waals surface area contributed by atoms with Crippen LogP contribution >= 0.6 is 11.8 Å². The van der Waals surface area contributed by atoms with E-state index in [9.17, 15) is 15.0 Å². The minimum Gasteiger partial charge on any atom is -0.505 e. The Kier molecular flexibility index (Phi) is 3.20. The van der Waals surface area contributed by atoms with Crippen molar-refractivity contribution in [2.45, 2.75) is 17.4 Å².